The molecule has 0 saturated heterocycles. The van der Waals surface area contributed by atoms with Gasteiger partial charge in [-0.05, 0) is 19.2 Å². The topological polar surface area (TPSA) is 60.1 Å². The Labute approximate surface area is 102 Å². The molecule has 0 fully saturated rings. The van der Waals surface area contributed by atoms with Gasteiger partial charge in [-0.25, -0.2) is 0 Å². The molecule has 0 aromatic heterocycles. The minimum absolute atomic E-state index is 0.515. The van der Waals surface area contributed by atoms with Gasteiger partial charge in [0.1, 0.15) is 18.4 Å². The summed E-state index contributed by atoms with van der Waals surface area (Å²) in [4.78, 5) is 2.03. The van der Waals surface area contributed by atoms with E-state index in [0.717, 1.165) is 13.1 Å². The van der Waals surface area contributed by atoms with Crippen LogP contribution in [0.25, 0.3) is 0 Å². The van der Waals surface area contributed by atoms with E-state index in [2.05, 4.69) is 12.1 Å². The molecule has 4 nitrogen and oxygen atoms in total. The maximum absolute atomic E-state index is 8.87. The Kier molecular flexibility index (Phi) is 5.57. The third-order valence-electron chi connectivity index (χ3n) is 2.34. The van der Waals surface area contributed by atoms with Crippen molar-refractivity contribution in [1.82, 2.24) is 4.90 Å². The van der Waals surface area contributed by atoms with Gasteiger partial charge in [-0.15, -0.1) is 0 Å². The molecular formula is C13H15N3O. The first-order valence-electron chi connectivity index (χ1n) is 5.45. The number of para-hydroxylation sites is 1. The van der Waals surface area contributed by atoms with Crippen molar-refractivity contribution in [3.63, 3.8) is 0 Å². The summed E-state index contributed by atoms with van der Waals surface area (Å²) in [6.45, 7) is 1.99. The third kappa shape index (κ3) is 4.55. The van der Waals surface area contributed by atoms with Gasteiger partial charge in [0.25, 0.3) is 0 Å². The molecule has 1 aromatic rings. The Morgan fingerprint density at radius 3 is 2.71 bits per heavy atom. The van der Waals surface area contributed by atoms with Crippen molar-refractivity contribution < 1.29 is 4.74 Å². The first-order valence-corrected chi connectivity index (χ1v) is 5.45. The van der Waals surface area contributed by atoms with E-state index in [0.29, 0.717) is 24.3 Å². The van der Waals surface area contributed by atoms with Crippen LogP contribution in [-0.2, 0) is 0 Å². The first-order chi connectivity index (χ1) is 8.27. The predicted octanol–water partition coefficient (Wildman–Crippen LogP) is 1.78. The summed E-state index contributed by atoms with van der Waals surface area (Å²) in [6.07, 6.45) is 0.519. The highest BCUT2D eigenvalue weighted by molar-refractivity contribution is 5.42. The lowest BCUT2D eigenvalue weighted by molar-refractivity contribution is 0.240. The molecule has 0 saturated carbocycles. The fraction of sp³-hybridized carbons (Fsp3) is 0.385. The number of ether oxygens (including phenoxy) is 1. The Hall–Kier alpha value is -2.04. The number of rotatable bonds is 6. The highest BCUT2D eigenvalue weighted by Crippen LogP contribution is 2.16. The molecule has 88 valence electrons. The second-order valence-corrected chi connectivity index (χ2v) is 3.67. The van der Waals surface area contributed by atoms with Gasteiger partial charge in [-0.2, -0.15) is 10.5 Å². The minimum Gasteiger partial charge on any atom is -0.491 e. The second-order valence-electron chi connectivity index (χ2n) is 3.67. The fourth-order valence-corrected chi connectivity index (χ4v) is 1.35. The zero-order valence-corrected chi connectivity index (χ0v) is 9.89. The molecule has 0 amide bonds. The van der Waals surface area contributed by atoms with Crippen LogP contribution >= 0.6 is 0 Å². The number of nitriles is 2. The number of benzene rings is 1. The van der Waals surface area contributed by atoms with Crippen LogP contribution in [0.2, 0.25) is 0 Å². The summed E-state index contributed by atoms with van der Waals surface area (Å²) in [5.41, 5.74) is 0.548. The normalized spacial score (nSPS) is 9.65. The molecule has 0 aliphatic rings. The van der Waals surface area contributed by atoms with E-state index in [-0.39, 0.29) is 0 Å². The summed E-state index contributed by atoms with van der Waals surface area (Å²) in [7, 11) is 1.94. The van der Waals surface area contributed by atoms with Crippen LogP contribution < -0.4 is 4.74 Å². The van der Waals surface area contributed by atoms with Crippen LogP contribution in [0.15, 0.2) is 24.3 Å². The summed E-state index contributed by atoms with van der Waals surface area (Å²) < 4.78 is 5.53. The van der Waals surface area contributed by atoms with Gasteiger partial charge in [0.05, 0.1) is 11.6 Å². The van der Waals surface area contributed by atoms with E-state index in [1.807, 2.05) is 24.1 Å². The van der Waals surface area contributed by atoms with Crippen molar-refractivity contribution >= 4 is 0 Å². The molecule has 0 spiro atoms. The Bertz CT molecular complexity index is 431. The SMILES string of the molecule is CN(CCC#N)CCOc1ccccc1C#N. The third-order valence-corrected chi connectivity index (χ3v) is 2.34. The summed E-state index contributed by atoms with van der Waals surface area (Å²) in [6, 6.07) is 11.4. The Balaban J connectivity index is 2.36. The van der Waals surface area contributed by atoms with Crippen LogP contribution in [0.5, 0.6) is 5.75 Å². The average Bonchev–Trinajstić information content (AvgIpc) is 2.37. The van der Waals surface area contributed by atoms with E-state index in [9.17, 15) is 0 Å². The number of hydrogen-bond acceptors (Lipinski definition) is 4. The highest BCUT2D eigenvalue weighted by atomic mass is 16.5. The van der Waals surface area contributed by atoms with Crippen LogP contribution in [-0.4, -0.2) is 31.6 Å². The van der Waals surface area contributed by atoms with Crippen molar-refractivity contribution in [3.05, 3.63) is 29.8 Å². The zero-order valence-electron chi connectivity index (χ0n) is 9.89. The highest BCUT2D eigenvalue weighted by Gasteiger charge is 2.02. The quantitative estimate of drug-likeness (QED) is 0.746. The smallest absolute Gasteiger partial charge is 0.137 e. The van der Waals surface area contributed by atoms with Gasteiger partial charge in [-0.1, -0.05) is 12.1 Å². The van der Waals surface area contributed by atoms with Crippen LogP contribution in [0, 0.1) is 22.7 Å². The molecule has 4 heteroatoms. The van der Waals surface area contributed by atoms with E-state index in [1.54, 1.807) is 12.1 Å². The second kappa shape index (κ2) is 7.27. The maximum Gasteiger partial charge on any atom is 0.137 e. The standard InChI is InChI=1S/C13H15N3O/c1-16(8-4-7-14)9-10-17-13-6-3-2-5-12(13)11-15/h2-3,5-6H,4,8-10H2,1H3. The lowest BCUT2D eigenvalue weighted by atomic mass is 10.2. The number of likely N-dealkylation sites (N-methyl/N-ethyl adjacent to an activating group) is 1. The van der Waals surface area contributed by atoms with Gasteiger partial charge in [0, 0.05) is 19.5 Å². The molecule has 0 heterocycles. The number of nitrogens with zero attached hydrogens (tertiary/aromatic N) is 3. The molecule has 0 bridgehead atoms. The molecule has 1 aromatic carbocycles. The van der Waals surface area contributed by atoms with Gasteiger partial charge < -0.3 is 9.64 Å². The summed E-state index contributed by atoms with van der Waals surface area (Å²) in [5.74, 6) is 0.615. The molecule has 1 rings (SSSR count). The molecule has 0 radical (unpaired) electrons. The van der Waals surface area contributed by atoms with Crippen molar-refractivity contribution in [3.8, 4) is 17.9 Å². The molecular weight excluding hydrogens is 214 g/mol. The molecule has 0 aliphatic carbocycles. The van der Waals surface area contributed by atoms with Gasteiger partial charge in [0.15, 0.2) is 0 Å². The average molecular weight is 229 g/mol. The summed E-state index contributed by atoms with van der Waals surface area (Å²) in [5, 5.41) is 17.3. The monoisotopic (exact) mass is 229 g/mol. The molecule has 0 unspecified atom stereocenters. The van der Waals surface area contributed by atoms with E-state index in [4.69, 9.17) is 15.3 Å². The molecule has 17 heavy (non-hydrogen) atoms. The number of hydrogen-bond donors (Lipinski definition) is 0. The lowest BCUT2D eigenvalue weighted by Gasteiger charge is -2.15. The fourth-order valence-electron chi connectivity index (χ4n) is 1.35. The molecule has 0 aliphatic heterocycles. The van der Waals surface area contributed by atoms with Crippen molar-refractivity contribution in [2.24, 2.45) is 0 Å². The minimum atomic E-state index is 0.515. The first kappa shape index (κ1) is 13.0. The van der Waals surface area contributed by atoms with Gasteiger partial charge >= 0.3 is 0 Å². The van der Waals surface area contributed by atoms with Crippen LogP contribution in [0.1, 0.15) is 12.0 Å². The van der Waals surface area contributed by atoms with E-state index < -0.39 is 0 Å². The largest absolute Gasteiger partial charge is 0.491 e. The van der Waals surface area contributed by atoms with Gasteiger partial charge in [-0.3, -0.25) is 0 Å². The van der Waals surface area contributed by atoms with Crippen molar-refractivity contribution in [2.45, 2.75) is 6.42 Å². The predicted molar refractivity (Wildman–Crippen MR) is 64.4 cm³/mol. The van der Waals surface area contributed by atoms with Crippen molar-refractivity contribution in [2.75, 3.05) is 26.7 Å². The summed E-state index contributed by atoms with van der Waals surface area (Å²) >= 11 is 0. The Morgan fingerprint density at radius 2 is 2.00 bits per heavy atom. The van der Waals surface area contributed by atoms with E-state index >= 15 is 0 Å². The lowest BCUT2D eigenvalue weighted by Crippen LogP contribution is -2.25. The molecule has 0 N–H and O–H groups in total. The Morgan fingerprint density at radius 1 is 1.24 bits per heavy atom. The van der Waals surface area contributed by atoms with Gasteiger partial charge in [0.2, 0.25) is 0 Å². The zero-order chi connectivity index (χ0) is 12.5. The molecule has 0 atom stereocenters. The van der Waals surface area contributed by atoms with Crippen LogP contribution in [0.3, 0.4) is 0 Å². The van der Waals surface area contributed by atoms with Crippen LogP contribution in [0.4, 0.5) is 0 Å². The van der Waals surface area contributed by atoms with E-state index in [1.165, 1.54) is 0 Å². The maximum atomic E-state index is 8.87. The van der Waals surface area contributed by atoms with Crippen molar-refractivity contribution in [1.29, 1.82) is 10.5 Å².